The number of nitriles is 1. The molecule has 0 N–H and O–H groups in total. The summed E-state index contributed by atoms with van der Waals surface area (Å²) in [4.78, 5) is 3.95. The van der Waals surface area contributed by atoms with Crippen molar-refractivity contribution in [3.05, 3.63) is 47.3 Å². The molecule has 6 heteroatoms. The van der Waals surface area contributed by atoms with Crippen LogP contribution in [0, 0.1) is 11.3 Å². The second-order valence-corrected chi connectivity index (χ2v) is 4.99. The molecule has 6 nitrogen and oxygen atoms in total. The first-order valence-corrected chi connectivity index (χ1v) is 7.39. The summed E-state index contributed by atoms with van der Waals surface area (Å²) >= 11 is 0. The van der Waals surface area contributed by atoms with Gasteiger partial charge < -0.3 is 18.9 Å². The quantitative estimate of drug-likeness (QED) is 0.761. The van der Waals surface area contributed by atoms with E-state index in [1.165, 1.54) is 6.20 Å². The van der Waals surface area contributed by atoms with Crippen molar-refractivity contribution in [3.63, 3.8) is 0 Å². The van der Waals surface area contributed by atoms with E-state index in [2.05, 4.69) is 11.1 Å². The van der Waals surface area contributed by atoms with Gasteiger partial charge in [0.15, 0.2) is 11.5 Å². The lowest BCUT2D eigenvalue weighted by Gasteiger charge is -2.10. The van der Waals surface area contributed by atoms with E-state index in [0.717, 1.165) is 11.1 Å². The Bertz CT molecular complexity index is 796. The molecule has 3 rings (SSSR count). The number of ether oxygens (including phenoxy) is 4. The molecule has 0 bridgehead atoms. The minimum atomic E-state index is 0.197. The lowest BCUT2D eigenvalue weighted by Crippen LogP contribution is -2.05. The van der Waals surface area contributed by atoms with E-state index in [-0.39, 0.29) is 6.79 Å². The van der Waals surface area contributed by atoms with Crippen LogP contribution in [-0.4, -0.2) is 32.1 Å². The topological polar surface area (TPSA) is 73.6 Å². The summed E-state index contributed by atoms with van der Waals surface area (Å²) in [7, 11) is 1.62. The Morgan fingerprint density at radius 1 is 1.21 bits per heavy atom. The van der Waals surface area contributed by atoms with E-state index < -0.39 is 0 Å². The van der Waals surface area contributed by atoms with E-state index in [1.54, 1.807) is 25.4 Å². The van der Waals surface area contributed by atoms with Crippen LogP contribution < -0.4 is 14.2 Å². The Morgan fingerprint density at radius 2 is 2.00 bits per heavy atom. The molecule has 0 unspecified atom stereocenters. The number of nitrogens with zero attached hydrogens (tertiary/aromatic N) is 2. The highest BCUT2D eigenvalue weighted by Crippen LogP contribution is 2.39. The molecule has 1 aromatic heterocycles. The monoisotopic (exact) mass is 324 g/mol. The highest BCUT2D eigenvalue weighted by atomic mass is 16.7. The first-order valence-electron chi connectivity index (χ1n) is 7.39. The van der Waals surface area contributed by atoms with E-state index in [0.29, 0.717) is 36.0 Å². The average molecular weight is 324 g/mol. The van der Waals surface area contributed by atoms with Gasteiger partial charge in [-0.1, -0.05) is 12.2 Å². The van der Waals surface area contributed by atoms with Crippen molar-refractivity contribution in [1.29, 1.82) is 5.26 Å². The number of pyridine rings is 1. The molecule has 0 saturated carbocycles. The molecule has 0 radical (unpaired) electrons. The summed E-state index contributed by atoms with van der Waals surface area (Å²) in [6.07, 6.45) is 6.91. The van der Waals surface area contributed by atoms with E-state index in [1.807, 2.05) is 18.2 Å². The van der Waals surface area contributed by atoms with Gasteiger partial charge in [-0.25, -0.2) is 0 Å². The number of methoxy groups -OCH3 is 1. The van der Waals surface area contributed by atoms with Gasteiger partial charge in [-0.05, 0) is 17.7 Å². The van der Waals surface area contributed by atoms with Gasteiger partial charge in [0.1, 0.15) is 18.4 Å². The lowest BCUT2D eigenvalue weighted by atomic mass is 10.1. The molecule has 0 amide bonds. The molecule has 0 fully saturated rings. The van der Waals surface area contributed by atoms with Crippen LogP contribution >= 0.6 is 0 Å². The molecule has 1 aromatic carbocycles. The molecule has 1 aliphatic heterocycles. The van der Waals surface area contributed by atoms with Crippen molar-refractivity contribution in [3.8, 4) is 23.3 Å². The third-order valence-corrected chi connectivity index (χ3v) is 3.47. The maximum absolute atomic E-state index is 9.14. The van der Waals surface area contributed by atoms with Crippen LogP contribution in [0.5, 0.6) is 17.2 Å². The largest absolute Gasteiger partial charge is 0.490 e. The molecule has 0 saturated heterocycles. The molecule has 0 spiro atoms. The minimum absolute atomic E-state index is 0.197. The fraction of sp³-hybridized carbons (Fsp3) is 0.222. The smallest absolute Gasteiger partial charge is 0.231 e. The zero-order chi connectivity index (χ0) is 16.8. The summed E-state index contributed by atoms with van der Waals surface area (Å²) in [5, 5.41) is 9.14. The third kappa shape index (κ3) is 3.47. The molecule has 2 heterocycles. The number of rotatable bonds is 6. The fourth-order valence-electron chi connectivity index (χ4n) is 2.25. The lowest BCUT2D eigenvalue weighted by molar-refractivity contribution is 0.146. The van der Waals surface area contributed by atoms with Crippen LogP contribution in [0.1, 0.15) is 16.7 Å². The van der Waals surface area contributed by atoms with Crippen LogP contribution in [0.25, 0.3) is 12.2 Å². The van der Waals surface area contributed by atoms with Gasteiger partial charge in [0.2, 0.25) is 6.79 Å². The molecule has 0 atom stereocenters. The maximum Gasteiger partial charge on any atom is 0.231 e. The molecule has 24 heavy (non-hydrogen) atoms. The van der Waals surface area contributed by atoms with Crippen LogP contribution in [0.2, 0.25) is 0 Å². The summed E-state index contributed by atoms with van der Waals surface area (Å²) in [6, 6.07) is 7.57. The second-order valence-electron chi connectivity index (χ2n) is 4.99. The van der Waals surface area contributed by atoms with Gasteiger partial charge in [-0.15, -0.1) is 0 Å². The van der Waals surface area contributed by atoms with Crippen molar-refractivity contribution in [2.45, 2.75) is 0 Å². The van der Waals surface area contributed by atoms with Crippen molar-refractivity contribution in [2.75, 3.05) is 27.1 Å². The average Bonchev–Trinajstić information content (AvgIpc) is 3.07. The number of aromatic nitrogens is 1. The molecule has 2 aromatic rings. The molecule has 1 aliphatic rings. The van der Waals surface area contributed by atoms with Gasteiger partial charge in [-0.2, -0.15) is 5.26 Å². The van der Waals surface area contributed by atoms with Crippen LogP contribution in [0.3, 0.4) is 0 Å². The minimum Gasteiger partial charge on any atom is -0.490 e. The van der Waals surface area contributed by atoms with Gasteiger partial charge in [0, 0.05) is 31.1 Å². The Hall–Kier alpha value is -3.04. The fourth-order valence-corrected chi connectivity index (χ4v) is 2.25. The van der Waals surface area contributed by atoms with Crippen molar-refractivity contribution in [2.24, 2.45) is 0 Å². The van der Waals surface area contributed by atoms with Gasteiger partial charge in [0.05, 0.1) is 12.2 Å². The number of hydrogen-bond acceptors (Lipinski definition) is 6. The van der Waals surface area contributed by atoms with Crippen molar-refractivity contribution in [1.82, 2.24) is 4.98 Å². The summed E-state index contributed by atoms with van der Waals surface area (Å²) in [5.41, 5.74) is 2.13. The predicted octanol–water partition coefficient (Wildman–Crippen LogP) is 2.88. The first kappa shape index (κ1) is 15.8. The number of fused-ring (bicyclic) bond motifs is 1. The summed E-state index contributed by atoms with van der Waals surface area (Å²) in [5.74, 6) is 1.99. The molecule has 122 valence electrons. The van der Waals surface area contributed by atoms with Crippen molar-refractivity contribution < 1.29 is 18.9 Å². The zero-order valence-electron chi connectivity index (χ0n) is 13.2. The Balaban J connectivity index is 1.91. The first-order chi connectivity index (χ1) is 11.8. The Kier molecular flexibility index (Phi) is 4.94. The van der Waals surface area contributed by atoms with E-state index in [9.17, 15) is 0 Å². The maximum atomic E-state index is 9.14. The molecular weight excluding hydrogens is 308 g/mol. The highest BCUT2D eigenvalue weighted by Gasteiger charge is 2.17. The molecule has 0 aliphatic carbocycles. The van der Waals surface area contributed by atoms with E-state index >= 15 is 0 Å². The second kappa shape index (κ2) is 7.49. The predicted molar refractivity (Wildman–Crippen MR) is 87.8 cm³/mol. The Morgan fingerprint density at radius 3 is 2.79 bits per heavy atom. The SMILES string of the molecule is COCCOc1cc2c(cc1/C=C/c1ccncc1C#N)OCO2. The van der Waals surface area contributed by atoms with Crippen LogP contribution in [0.15, 0.2) is 30.6 Å². The van der Waals surface area contributed by atoms with E-state index in [4.69, 9.17) is 24.2 Å². The van der Waals surface area contributed by atoms with Crippen LogP contribution in [-0.2, 0) is 4.74 Å². The zero-order valence-corrected chi connectivity index (χ0v) is 13.2. The normalized spacial score (nSPS) is 12.3. The van der Waals surface area contributed by atoms with Crippen molar-refractivity contribution >= 4 is 12.2 Å². The summed E-state index contributed by atoms with van der Waals surface area (Å²) in [6.45, 7) is 1.11. The third-order valence-electron chi connectivity index (χ3n) is 3.47. The molecular formula is C18H16N2O4. The highest BCUT2D eigenvalue weighted by molar-refractivity contribution is 5.76. The number of hydrogen-bond donors (Lipinski definition) is 0. The standard InChI is InChI=1S/C18H16N2O4/c1-21-6-7-22-16-9-18-17(23-12-24-18)8-14(16)3-2-13-4-5-20-11-15(13)10-19/h2-5,8-9,11H,6-7,12H2,1H3/b3-2+. The number of benzene rings is 1. The summed E-state index contributed by atoms with van der Waals surface area (Å²) < 4.78 is 21.6. The van der Waals surface area contributed by atoms with Gasteiger partial charge in [-0.3, -0.25) is 4.98 Å². The van der Waals surface area contributed by atoms with Gasteiger partial charge >= 0.3 is 0 Å². The van der Waals surface area contributed by atoms with Crippen LogP contribution in [0.4, 0.5) is 0 Å². The Labute approximate surface area is 139 Å². The van der Waals surface area contributed by atoms with Gasteiger partial charge in [0.25, 0.3) is 0 Å².